The van der Waals surface area contributed by atoms with Crippen molar-refractivity contribution in [2.75, 3.05) is 19.6 Å². The summed E-state index contributed by atoms with van der Waals surface area (Å²) in [6.45, 7) is 7.73. The van der Waals surface area contributed by atoms with Crippen molar-refractivity contribution in [3.05, 3.63) is 29.3 Å². The van der Waals surface area contributed by atoms with E-state index in [2.05, 4.69) is 30.1 Å². The number of hydrogen-bond acceptors (Lipinski definition) is 3. The highest BCUT2D eigenvalue weighted by Gasteiger charge is 2.36. The predicted molar refractivity (Wildman–Crippen MR) is 77.3 cm³/mol. The molecule has 0 spiro atoms. The van der Waals surface area contributed by atoms with Gasteiger partial charge in [-0.2, -0.15) is 0 Å². The van der Waals surface area contributed by atoms with Crippen molar-refractivity contribution >= 4 is 0 Å². The van der Waals surface area contributed by atoms with E-state index in [-0.39, 0.29) is 0 Å². The first-order valence-electron chi connectivity index (χ1n) is 7.42. The fourth-order valence-corrected chi connectivity index (χ4v) is 3.60. The number of fused-ring (bicyclic) bond motifs is 1. The van der Waals surface area contributed by atoms with Crippen LogP contribution in [-0.2, 0) is 0 Å². The van der Waals surface area contributed by atoms with E-state index in [0.29, 0.717) is 17.8 Å². The average molecular weight is 260 g/mol. The maximum absolute atomic E-state index is 10.1. The van der Waals surface area contributed by atoms with E-state index in [0.717, 1.165) is 24.6 Å². The van der Waals surface area contributed by atoms with Crippen molar-refractivity contribution in [3.8, 4) is 5.75 Å². The molecule has 2 fully saturated rings. The molecule has 0 saturated carbocycles. The van der Waals surface area contributed by atoms with Crippen molar-refractivity contribution in [2.45, 2.75) is 38.8 Å². The number of aromatic hydroxyl groups is 1. The second-order valence-corrected chi connectivity index (χ2v) is 6.16. The number of phenolic OH excluding ortho intramolecular Hbond substituents is 1. The number of aryl methyl sites for hydroxylation is 1. The summed E-state index contributed by atoms with van der Waals surface area (Å²) in [6.07, 6.45) is 2.65. The van der Waals surface area contributed by atoms with Gasteiger partial charge in [0.25, 0.3) is 0 Å². The minimum Gasteiger partial charge on any atom is -0.508 e. The lowest BCUT2D eigenvalue weighted by Gasteiger charge is -2.25. The molecule has 3 nitrogen and oxygen atoms in total. The fraction of sp³-hybridized carbons (Fsp3) is 0.625. The van der Waals surface area contributed by atoms with Crippen molar-refractivity contribution in [2.24, 2.45) is 5.92 Å². The van der Waals surface area contributed by atoms with E-state index in [1.165, 1.54) is 24.9 Å². The van der Waals surface area contributed by atoms with Gasteiger partial charge < -0.3 is 10.4 Å². The zero-order valence-corrected chi connectivity index (χ0v) is 11.9. The molecular formula is C16H24N2O. The molecule has 0 aromatic heterocycles. The first-order valence-corrected chi connectivity index (χ1v) is 7.42. The topological polar surface area (TPSA) is 35.5 Å². The molecule has 3 unspecified atom stereocenters. The Kier molecular flexibility index (Phi) is 3.50. The average Bonchev–Trinajstić information content (AvgIpc) is 2.84. The van der Waals surface area contributed by atoms with Gasteiger partial charge in [0, 0.05) is 30.7 Å². The monoisotopic (exact) mass is 260 g/mol. The summed E-state index contributed by atoms with van der Waals surface area (Å²) >= 11 is 0. The number of hydrogen-bond donors (Lipinski definition) is 2. The van der Waals surface area contributed by atoms with Gasteiger partial charge >= 0.3 is 0 Å². The molecule has 3 atom stereocenters. The fourth-order valence-electron chi connectivity index (χ4n) is 3.60. The summed E-state index contributed by atoms with van der Waals surface area (Å²) in [7, 11) is 0. The van der Waals surface area contributed by atoms with Gasteiger partial charge in [-0.3, -0.25) is 4.90 Å². The molecule has 0 bridgehead atoms. The third-order valence-electron chi connectivity index (χ3n) is 4.81. The van der Waals surface area contributed by atoms with Gasteiger partial charge in [0.2, 0.25) is 0 Å². The Morgan fingerprint density at radius 2 is 2.21 bits per heavy atom. The molecule has 0 amide bonds. The normalized spacial score (nSPS) is 29.2. The number of piperidine rings is 1. The van der Waals surface area contributed by atoms with Crippen LogP contribution in [0.2, 0.25) is 0 Å². The van der Waals surface area contributed by atoms with Crippen LogP contribution in [0.3, 0.4) is 0 Å². The molecule has 2 saturated heterocycles. The van der Waals surface area contributed by atoms with Gasteiger partial charge in [0.15, 0.2) is 0 Å². The molecule has 1 aromatic rings. The lowest BCUT2D eigenvalue weighted by molar-refractivity contribution is 0.246. The Morgan fingerprint density at radius 3 is 3.00 bits per heavy atom. The Balaban J connectivity index is 1.77. The van der Waals surface area contributed by atoms with Gasteiger partial charge in [0.05, 0.1) is 0 Å². The van der Waals surface area contributed by atoms with Crippen LogP contribution in [0.5, 0.6) is 5.75 Å². The summed E-state index contributed by atoms with van der Waals surface area (Å²) in [5, 5.41) is 13.7. The van der Waals surface area contributed by atoms with Crippen LogP contribution < -0.4 is 5.32 Å². The molecular weight excluding hydrogens is 236 g/mol. The number of nitrogens with zero attached hydrogens (tertiary/aromatic N) is 1. The van der Waals surface area contributed by atoms with Gasteiger partial charge in [-0.05, 0) is 45.2 Å². The molecule has 104 valence electrons. The number of benzene rings is 1. The number of nitrogens with one attached hydrogen (secondary N) is 1. The number of phenols is 1. The van der Waals surface area contributed by atoms with Crippen LogP contribution in [0.25, 0.3) is 0 Å². The Labute approximate surface area is 115 Å². The summed E-state index contributed by atoms with van der Waals surface area (Å²) in [4.78, 5) is 2.52. The minimum absolute atomic E-state index is 0.298. The van der Waals surface area contributed by atoms with E-state index < -0.39 is 0 Å². The molecule has 2 aliphatic rings. The number of likely N-dealkylation sites (tertiary alicyclic amines) is 1. The van der Waals surface area contributed by atoms with Crippen molar-refractivity contribution in [1.29, 1.82) is 0 Å². The maximum atomic E-state index is 10.1. The summed E-state index contributed by atoms with van der Waals surface area (Å²) in [6, 6.07) is 6.87. The predicted octanol–water partition coefficient (Wildman–Crippen LogP) is 2.45. The van der Waals surface area contributed by atoms with Crippen LogP contribution in [0.15, 0.2) is 18.2 Å². The molecule has 0 radical (unpaired) electrons. The zero-order valence-electron chi connectivity index (χ0n) is 11.9. The third-order valence-corrected chi connectivity index (χ3v) is 4.81. The molecule has 19 heavy (non-hydrogen) atoms. The summed E-state index contributed by atoms with van der Waals surface area (Å²) < 4.78 is 0. The zero-order chi connectivity index (χ0) is 13.4. The van der Waals surface area contributed by atoms with Crippen molar-refractivity contribution in [3.63, 3.8) is 0 Å². The van der Waals surface area contributed by atoms with Gasteiger partial charge in [-0.15, -0.1) is 0 Å². The standard InChI is InChI=1S/C16H24N2O/c1-11-5-6-16(19)14(8-11)12(2)18-9-13-4-3-7-17-15(13)10-18/h5-6,8,12-13,15,17,19H,3-4,7,9-10H2,1-2H3. The molecule has 1 aromatic carbocycles. The van der Waals surface area contributed by atoms with E-state index in [4.69, 9.17) is 0 Å². The van der Waals surface area contributed by atoms with Crippen molar-refractivity contribution in [1.82, 2.24) is 10.2 Å². The smallest absolute Gasteiger partial charge is 0.120 e. The van der Waals surface area contributed by atoms with Crippen LogP contribution >= 0.6 is 0 Å². The largest absolute Gasteiger partial charge is 0.508 e. The second kappa shape index (κ2) is 5.14. The third kappa shape index (κ3) is 2.49. The molecule has 2 aliphatic heterocycles. The van der Waals surface area contributed by atoms with Crippen LogP contribution in [0, 0.1) is 12.8 Å². The Hall–Kier alpha value is -1.06. The lowest BCUT2D eigenvalue weighted by Crippen LogP contribution is -2.40. The summed E-state index contributed by atoms with van der Waals surface area (Å²) in [5.41, 5.74) is 2.29. The van der Waals surface area contributed by atoms with Gasteiger partial charge in [-0.1, -0.05) is 17.7 Å². The molecule has 0 aliphatic carbocycles. The second-order valence-electron chi connectivity index (χ2n) is 6.16. The number of rotatable bonds is 2. The van der Waals surface area contributed by atoms with Crippen LogP contribution in [0.1, 0.15) is 36.9 Å². The SMILES string of the molecule is Cc1ccc(O)c(C(C)N2CC3CCCNC3C2)c1. The van der Waals surface area contributed by atoms with Crippen LogP contribution in [0.4, 0.5) is 0 Å². The molecule has 3 heteroatoms. The Morgan fingerprint density at radius 1 is 1.37 bits per heavy atom. The first-order chi connectivity index (χ1) is 9.15. The quantitative estimate of drug-likeness (QED) is 0.857. The van der Waals surface area contributed by atoms with Crippen molar-refractivity contribution < 1.29 is 5.11 Å². The van der Waals surface area contributed by atoms with E-state index in [1.807, 2.05) is 12.1 Å². The highest BCUT2D eigenvalue weighted by atomic mass is 16.3. The van der Waals surface area contributed by atoms with Gasteiger partial charge in [-0.25, -0.2) is 0 Å². The lowest BCUT2D eigenvalue weighted by atomic mass is 9.94. The van der Waals surface area contributed by atoms with E-state index >= 15 is 0 Å². The minimum atomic E-state index is 0.298. The highest BCUT2D eigenvalue weighted by Crippen LogP contribution is 2.34. The highest BCUT2D eigenvalue weighted by molar-refractivity contribution is 5.37. The molecule has 2 N–H and O–H groups in total. The van der Waals surface area contributed by atoms with Crippen LogP contribution in [-0.4, -0.2) is 35.7 Å². The summed E-state index contributed by atoms with van der Waals surface area (Å²) in [5.74, 6) is 1.23. The maximum Gasteiger partial charge on any atom is 0.120 e. The molecule has 2 heterocycles. The van der Waals surface area contributed by atoms with E-state index in [9.17, 15) is 5.11 Å². The molecule has 3 rings (SSSR count). The van der Waals surface area contributed by atoms with Gasteiger partial charge in [0.1, 0.15) is 5.75 Å². The Bertz CT molecular complexity index is 446. The first kappa shape index (κ1) is 12.9. The van der Waals surface area contributed by atoms with E-state index in [1.54, 1.807) is 0 Å².